The van der Waals surface area contributed by atoms with Gasteiger partial charge in [-0.2, -0.15) is 0 Å². The maximum absolute atomic E-state index is 12.4. The lowest BCUT2D eigenvalue weighted by Crippen LogP contribution is -2.03. The normalized spacial score (nSPS) is 11.0. The summed E-state index contributed by atoms with van der Waals surface area (Å²) in [6.07, 6.45) is 3.83. The van der Waals surface area contributed by atoms with Crippen molar-refractivity contribution in [1.82, 2.24) is 15.2 Å². The topological polar surface area (TPSA) is 77.1 Å². The van der Waals surface area contributed by atoms with Crippen LogP contribution in [0.25, 0.3) is 12.2 Å². The van der Waals surface area contributed by atoms with Gasteiger partial charge in [0.15, 0.2) is 17.3 Å². The Kier molecular flexibility index (Phi) is 6.08. The number of ketones is 1. The molecule has 3 rings (SSSR count). The minimum absolute atomic E-state index is 0.0311. The van der Waals surface area contributed by atoms with Crippen molar-refractivity contribution >= 4 is 41.0 Å². The molecule has 0 aliphatic rings. The van der Waals surface area contributed by atoms with Crippen LogP contribution in [-0.4, -0.2) is 40.9 Å². The molecule has 0 aliphatic carbocycles. The summed E-state index contributed by atoms with van der Waals surface area (Å²) in [6, 6.07) is 9.13. The molecule has 0 unspecified atom stereocenters. The number of carbonyl (C=O) groups excluding carboxylic acids is 1. The van der Waals surface area contributed by atoms with E-state index >= 15 is 0 Å². The first-order valence-corrected chi connectivity index (χ1v) is 9.58. The van der Waals surface area contributed by atoms with Crippen molar-refractivity contribution < 1.29 is 14.3 Å². The van der Waals surface area contributed by atoms with Crippen LogP contribution < -0.4 is 9.47 Å². The number of Topliss-reactive ketones (excluding diaryl/α,β-unsaturated/α-hetero) is 1. The van der Waals surface area contributed by atoms with Crippen LogP contribution in [0.15, 0.2) is 40.9 Å². The van der Waals surface area contributed by atoms with Crippen molar-refractivity contribution in [2.24, 2.45) is 0 Å². The van der Waals surface area contributed by atoms with Crippen molar-refractivity contribution in [2.45, 2.75) is 5.16 Å². The zero-order chi connectivity index (χ0) is 18.4. The number of methoxy groups -OCH3 is 2. The average Bonchev–Trinajstić information content (AvgIpc) is 3.35. The van der Waals surface area contributed by atoms with Crippen molar-refractivity contribution in [3.8, 4) is 11.5 Å². The molecule has 8 heteroatoms. The molecule has 0 amide bonds. The fourth-order valence-corrected chi connectivity index (χ4v) is 3.49. The molecule has 0 saturated heterocycles. The van der Waals surface area contributed by atoms with Gasteiger partial charge in [0.05, 0.1) is 20.0 Å². The van der Waals surface area contributed by atoms with Gasteiger partial charge in [0, 0.05) is 10.4 Å². The minimum Gasteiger partial charge on any atom is -0.493 e. The number of thiophene rings is 1. The Morgan fingerprint density at radius 1 is 1.23 bits per heavy atom. The van der Waals surface area contributed by atoms with Gasteiger partial charge in [0.25, 0.3) is 0 Å². The summed E-state index contributed by atoms with van der Waals surface area (Å²) in [7, 11) is 3.10. The Hall–Kier alpha value is -2.58. The molecule has 3 aromatic rings. The molecule has 0 radical (unpaired) electrons. The fraction of sp³-hybridized carbons (Fsp3) is 0.167. The Labute approximate surface area is 159 Å². The van der Waals surface area contributed by atoms with E-state index in [1.807, 2.05) is 29.7 Å². The summed E-state index contributed by atoms with van der Waals surface area (Å²) in [5.74, 6) is 1.98. The molecule has 1 aromatic carbocycles. The molecule has 1 N–H and O–H groups in total. The second-order valence-electron chi connectivity index (χ2n) is 5.13. The highest BCUT2D eigenvalue weighted by Crippen LogP contribution is 2.28. The minimum atomic E-state index is -0.0311. The van der Waals surface area contributed by atoms with E-state index < -0.39 is 0 Å². The third kappa shape index (κ3) is 4.53. The molecular formula is C18H17N3O3S2. The van der Waals surface area contributed by atoms with E-state index in [4.69, 9.17) is 9.47 Å². The van der Waals surface area contributed by atoms with E-state index in [-0.39, 0.29) is 11.5 Å². The predicted octanol–water partition coefficient (Wildman–Crippen LogP) is 4.03. The highest BCUT2D eigenvalue weighted by Gasteiger charge is 2.12. The summed E-state index contributed by atoms with van der Waals surface area (Å²) in [6.45, 7) is 0. The molecule has 0 saturated carbocycles. The molecule has 2 aromatic heterocycles. The Morgan fingerprint density at radius 3 is 2.81 bits per heavy atom. The number of thioether (sulfide) groups is 1. The first kappa shape index (κ1) is 18.2. The Morgan fingerprint density at radius 2 is 2.08 bits per heavy atom. The van der Waals surface area contributed by atoms with Crippen LogP contribution in [0.1, 0.15) is 21.1 Å². The van der Waals surface area contributed by atoms with Gasteiger partial charge in [-0.1, -0.05) is 17.8 Å². The third-order valence-corrected chi connectivity index (χ3v) is 5.15. The molecule has 26 heavy (non-hydrogen) atoms. The first-order valence-electron chi connectivity index (χ1n) is 7.71. The molecule has 0 bridgehead atoms. The predicted molar refractivity (Wildman–Crippen MR) is 104 cm³/mol. The Bertz CT molecular complexity index is 904. The number of nitrogens with zero attached hydrogens (tertiary/aromatic N) is 2. The van der Waals surface area contributed by atoms with Crippen molar-refractivity contribution in [2.75, 3.05) is 20.0 Å². The molecule has 134 valence electrons. The molecular weight excluding hydrogens is 370 g/mol. The summed E-state index contributed by atoms with van der Waals surface area (Å²) in [4.78, 5) is 17.9. The second-order valence-corrected chi connectivity index (χ2v) is 7.06. The Balaban J connectivity index is 1.60. The zero-order valence-corrected chi connectivity index (χ0v) is 15.9. The lowest BCUT2D eigenvalue weighted by Gasteiger charge is -2.08. The number of H-pyrrole nitrogens is 1. The molecule has 0 atom stereocenters. The van der Waals surface area contributed by atoms with Crippen LogP contribution in [0.5, 0.6) is 11.5 Å². The van der Waals surface area contributed by atoms with Crippen LogP contribution >= 0.6 is 23.1 Å². The standard InChI is InChI=1S/C18H17N3O3S2/c1-23-15-7-5-12(10-16(15)24-2)14(22)11-26-18-19-17(20-21-18)8-6-13-4-3-9-25-13/h3-10H,11H2,1-2H3,(H,19,20,21)/b8-6+. The number of aromatic amines is 1. The van der Waals surface area contributed by atoms with E-state index in [2.05, 4.69) is 15.2 Å². The highest BCUT2D eigenvalue weighted by atomic mass is 32.2. The fourth-order valence-electron chi connectivity index (χ4n) is 2.17. The van der Waals surface area contributed by atoms with Crippen molar-refractivity contribution in [1.29, 1.82) is 0 Å². The van der Waals surface area contributed by atoms with Crippen molar-refractivity contribution in [3.05, 3.63) is 52.0 Å². The maximum atomic E-state index is 12.4. The van der Waals surface area contributed by atoms with Crippen LogP contribution in [0.4, 0.5) is 0 Å². The van der Waals surface area contributed by atoms with E-state index in [0.29, 0.717) is 28.0 Å². The van der Waals surface area contributed by atoms with E-state index in [1.165, 1.54) is 11.8 Å². The van der Waals surface area contributed by atoms with E-state index in [0.717, 1.165) is 4.88 Å². The second kappa shape index (κ2) is 8.68. The average molecular weight is 387 g/mol. The first-order chi connectivity index (χ1) is 12.7. The zero-order valence-electron chi connectivity index (χ0n) is 14.3. The maximum Gasteiger partial charge on any atom is 0.209 e. The summed E-state index contributed by atoms with van der Waals surface area (Å²) < 4.78 is 10.4. The summed E-state index contributed by atoms with van der Waals surface area (Å²) >= 11 is 2.93. The number of carbonyl (C=O) groups is 1. The van der Waals surface area contributed by atoms with Crippen LogP contribution in [0, 0.1) is 0 Å². The SMILES string of the molecule is COc1ccc(C(=O)CSc2n[nH]c(/C=C/c3cccs3)n2)cc1OC. The lowest BCUT2D eigenvalue weighted by molar-refractivity contribution is 0.102. The van der Waals surface area contributed by atoms with Crippen LogP contribution in [0.3, 0.4) is 0 Å². The molecule has 0 fully saturated rings. The van der Waals surface area contributed by atoms with Gasteiger partial charge in [0.2, 0.25) is 5.16 Å². The van der Waals surface area contributed by atoms with Gasteiger partial charge in [-0.05, 0) is 41.8 Å². The number of ether oxygens (including phenoxy) is 2. The lowest BCUT2D eigenvalue weighted by atomic mass is 10.1. The van der Waals surface area contributed by atoms with Gasteiger partial charge in [-0.25, -0.2) is 4.98 Å². The van der Waals surface area contributed by atoms with Gasteiger partial charge in [-0.15, -0.1) is 16.4 Å². The van der Waals surface area contributed by atoms with Gasteiger partial charge in [0.1, 0.15) is 5.82 Å². The summed E-state index contributed by atoms with van der Waals surface area (Å²) in [5, 5.41) is 9.53. The van der Waals surface area contributed by atoms with E-state index in [1.54, 1.807) is 43.8 Å². The monoisotopic (exact) mass is 387 g/mol. The van der Waals surface area contributed by atoms with E-state index in [9.17, 15) is 4.79 Å². The third-order valence-electron chi connectivity index (χ3n) is 3.47. The van der Waals surface area contributed by atoms with Gasteiger partial charge < -0.3 is 9.47 Å². The highest BCUT2D eigenvalue weighted by molar-refractivity contribution is 7.99. The van der Waals surface area contributed by atoms with Crippen LogP contribution in [0.2, 0.25) is 0 Å². The van der Waals surface area contributed by atoms with Crippen molar-refractivity contribution in [3.63, 3.8) is 0 Å². The number of hydrogen-bond acceptors (Lipinski definition) is 7. The number of nitrogens with one attached hydrogen (secondary N) is 1. The molecule has 0 spiro atoms. The molecule has 0 aliphatic heterocycles. The molecule has 6 nitrogen and oxygen atoms in total. The van der Waals surface area contributed by atoms with Gasteiger partial charge >= 0.3 is 0 Å². The van der Waals surface area contributed by atoms with Crippen LogP contribution in [-0.2, 0) is 0 Å². The quantitative estimate of drug-likeness (QED) is 0.464. The smallest absolute Gasteiger partial charge is 0.209 e. The van der Waals surface area contributed by atoms with Gasteiger partial charge in [-0.3, -0.25) is 9.89 Å². The summed E-state index contributed by atoms with van der Waals surface area (Å²) in [5.41, 5.74) is 0.559. The number of benzene rings is 1. The number of aromatic nitrogens is 3. The number of hydrogen-bond donors (Lipinski definition) is 1. The largest absolute Gasteiger partial charge is 0.493 e. The number of rotatable bonds is 8. The molecule has 2 heterocycles.